The van der Waals surface area contributed by atoms with E-state index in [0.29, 0.717) is 30.9 Å². The van der Waals surface area contributed by atoms with E-state index in [2.05, 4.69) is 39.7 Å². The summed E-state index contributed by atoms with van der Waals surface area (Å²) in [4.78, 5) is 3.96. The topological polar surface area (TPSA) is 75.9 Å². The Balaban J connectivity index is 1.77. The number of pyridine rings is 1. The second-order valence-corrected chi connectivity index (χ2v) is 4.73. The molecule has 0 aliphatic rings. The first-order valence-corrected chi connectivity index (χ1v) is 6.40. The zero-order valence-electron chi connectivity index (χ0n) is 11.3. The third kappa shape index (κ3) is 4.67. The van der Waals surface area contributed by atoms with Crippen LogP contribution in [0.2, 0.25) is 0 Å². The van der Waals surface area contributed by atoms with Crippen molar-refractivity contribution < 1.29 is 4.42 Å². The molecular formula is C13H19N5O. The van der Waals surface area contributed by atoms with Crippen molar-refractivity contribution in [3.05, 3.63) is 36.0 Å². The lowest BCUT2D eigenvalue weighted by Crippen LogP contribution is -2.19. The fourth-order valence-electron chi connectivity index (χ4n) is 1.54. The molecular weight excluding hydrogens is 242 g/mol. The molecule has 6 nitrogen and oxygen atoms in total. The van der Waals surface area contributed by atoms with Gasteiger partial charge >= 0.3 is 6.01 Å². The lowest BCUT2D eigenvalue weighted by atomic mass is 10.2. The Hall–Kier alpha value is -1.95. The van der Waals surface area contributed by atoms with Gasteiger partial charge in [0.15, 0.2) is 0 Å². The molecule has 0 saturated carbocycles. The normalized spacial score (nSPS) is 10.9. The molecule has 0 saturated heterocycles. The van der Waals surface area contributed by atoms with Crippen LogP contribution in [0.25, 0.3) is 0 Å². The molecule has 0 amide bonds. The highest BCUT2D eigenvalue weighted by atomic mass is 16.4. The minimum atomic E-state index is 0.443. The van der Waals surface area contributed by atoms with E-state index in [-0.39, 0.29) is 0 Å². The van der Waals surface area contributed by atoms with E-state index in [1.807, 2.05) is 12.1 Å². The minimum absolute atomic E-state index is 0.443. The van der Waals surface area contributed by atoms with Gasteiger partial charge in [0, 0.05) is 18.9 Å². The van der Waals surface area contributed by atoms with Crippen molar-refractivity contribution in [2.24, 2.45) is 5.92 Å². The van der Waals surface area contributed by atoms with Crippen LogP contribution in [0.3, 0.4) is 0 Å². The summed E-state index contributed by atoms with van der Waals surface area (Å²) in [5, 5.41) is 14.3. The molecule has 0 aromatic carbocycles. The van der Waals surface area contributed by atoms with Crippen LogP contribution in [0, 0.1) is 5.92 Å². The van der Waals surface area contributed by atoms with E-state index >= 15 is 0 Å². The van der Waals surface area contributed by atoms with Crippen molar-refractivity contribution in [2.45, 2.75) is 26.9 Å². The Morgan fingerprint density at radius 1 is 1.16 bits per heavy atom. The average molecular weight is 261 g/mol. The summed E-state index contributed by atoms with van der Waals surface area (Å²) in [6, 6.07) is 4.32. The first-order valence-electron chi connectivity index (χ1n) is 6.40. The highest BCUT2D eigenvalue weighted by Crippen LogP contribution is 2.07. The standard InChI is InChI=1S/C13H19N5O/c1-10(2)7-15-9-12-17-18-13(19-12)16-8-11-3-5-14-6-4-11/h3-6,10,15H,7-9H2,1-2H3,(H,16,18). The van der Waals surface area contributed by atoms with Gasteiger partial charge in [-0.1, -0.05) is 18.9 Å². The van der Waals surface area contributed by atoms with Crippen molar-refractivity contribution in [3.63, 3.8) is 0 Å². The van der Waals surface area contributed by atoms with Gasteiger partial charge in [0.25, 0.3) is 0 Å². The monoisotopic (exact) mass is 261 g/mol. The Kier molecular flexibility index (Phi) is 4.85. The number of nitrogens with zero attached hydrogens (tertiary/aromatic N) is 3. The Morgan fingerprint density at radius 2 is 1.95 bits per heavy atom. The summed E-state index contributed by atoms with van der Waals surface area (Å²) >= 11 is 0. The lowest BCUT2D eigenvalue weighted by molar-refractivity contribution is 0.458. The van der Waals surface area contributed by atoms with Gasteiger partial charge in [0.1, 0.15) is 0 Å². The molecule has 2 aromatic rings. The quantitative estimate of drug-likeness (QED) is 0.792. The average Bonchev–Trinajstić information content (AvgIpc) is 2.85. The van der Waals surface area contributed by atoms with Crippen LogP contribution >= 0.6 is 0 Å². The molecule has 2 N–H and O–H groups in total. The number of hydrogen-bond acceptors (Lipinski definition) is 6. The molecule has 0 radical (unpaired) electrons. The number of aromatic nitrogens is 3. The van der Waals surface area contributed by atoms with Gasteiger partial charge in [-0.2, -0.15) is 0 Å². The maximum absolute atomic E-state index is 5.48. The molecule has 0 fully saturated rings. The smallest absolute Gasteiger partial charge is 0.315 e. The van der Waals surface area contributed by atoms with Gasteiger partial charge in [-0.15, -0.1) is 5.10 Å². The van der Waals surface area contributed by atoms with Gasteiger partial charge in [-0.3, -0.25) is 4.98 Å². The van der Waals surface area contributed by atoms with Gasteiger partial charge in [-0.05, 0) is 30.2 Å². The van der Waals surface area contributed by atoms with Crippen LogP contribution in [-0.2, 0) is 13.1 Å². The van der Waals surface area contributed by atoms with Crippen molar-refractivity contribution in [3.8, 4) is 0 Å². The third-order valence-corrected chi connectivity index (χ3v) is 2.49. The summed E-state index contributed by atoms with van der Waals surface area (Å²) in [5.41, 5.74) is 1.12. The van der Waals surface area contributed by atoms with E-state index in [0.717, 1.165) is 12.1 Å². The highest BCUT2D eigenvalue weighted by molar-refractivity contribution is 5.21. The minimum Gasteiger partial charge on any atom is -0.407 e. The van der Waals surface area contributed by atoms with E-state index in [4.69, 9.17) is 4.42 Å². The Morgan fingerprint density at radius 3 is 2.68 bits per heavy atom. The SMILES string of the molecule is CC(C)CNCc1nnc(NCc2ccncc2)o1. The maximum atomic E-state index is 5.48. The Bertz CT molecular complexity index is 483. The number of anilines is 1. The number of hydrogen-bond donors (Lipinski definition) is 2. The van der Waals surface area contributed by atoms with Crippen LogP contribution in [0.4, 0.5) is 6.01 Å². The summed E-state index contributed by atoms with van der Waals surface area (Å²) in [6.45, 7) is 6.49. The zero-order valence-corrected chi connectivity index (χ0v) is 11.3. The van der Waals surface area contributed by atoms with E-state index in [1.54, 1.807) is 12.4 Å². The van der Waals surface area contributed by atoms with Gasteiger partial charge in [0.2, 0.25) is 5.89 Å². The molecule has 19 heavy (non-hydrogen) atoms. The summed E-state index contributed by atoms with van der Waals surface area (Å²) in [5.74, 6) is 1.20. The molecule has 0 aliphatic heterocycles. The molecule has 0 atom stereocenters. The van der Waals surface area contributed by atoms with Crippen molar-refractivity contribution in [1.29, 1.82) is 0 Å². The molecule has 2 rings (SSSR count). The van der Waals surface area contributed by atoms with Gasteiger partial charge < -0.3 is 15.1 Å². The largest absolute Gasteiger partial charge is 0.407 e. The van der Waals surface area contributed by atoms with Crippen molar-refractivity contribution in [2.75, 3.05) is 11.9 Å². The van der Waals surface area contributed by atoms with Crippen molar-refractivity contribution in [1.82, 2.24) is 20.5 Å². The van der Waals surface area contributed by atoms with E-state index in [1.165, 1.54) is 0 Å². The second-order valence-electron chi connectivity index (χ2n) is 4.73. The highest BCUT2D eigenvalue weighted by Gasteiger charge is 2.05. The predicted octanol–water partition coefficient (Wildman–Crippen LogP) is 1.82. The fourth-order valence-corrected chi connectivity index (χ4v) is 1.54. The molecule has 2 aromatic heterocycles. The Labute approximate surface area is 112 Å². The van der Waals surface area contributed by atoms with E-state index < -0.39 is 0 Å². The molecule has 6 heteroatoms. The number of nitrogens with one attached hydrogen (secondary N) is 2. The summed E-state index contributed by atoms with van der Waals surface area (Å²) in [7, 11) is 0. The summed E-state index contributed by atoms with van der Waals surface area (Å²) in [6.07, 6.45) is 3.51. The molecule has 102 valence electrons. The predicted molar refractivity (Wildman–Crippen MR) is 72.4 cm³/mol. The maximum Gasteiger partial charge on any atom is 0.315 e. The van der Waals surface area contributed by atoms with Crippen LogP contribution < -0.4 is 10.6 Å². The zero-order chi connectivity index (χ0) is 13.5. The third-order valence-electron chi connectivity index (χ3n) is 2.49. The van der Waals surface area contributed by atoms with Crippen LogP contribution in [0.15, 0.2) is 28.9 Å². The van der Waals surface area contributed by atoms with E-state index in [9.17, 15) is 0 Å². The molecule has 0 bridgehead atoms. The number of rotatable bonds is 7. The molecule has 0 aliphatic carbocycles. The lowest BCUT2D eigenvalue weighted by Gasteiger charge is -2.03. The molecule has 2 heterocycles. The van der Waals surface area contributed by atoms with Crippen LogP contribution in [0.1, 0.15) is 25.3 Å². The first kappa shape index (κ1) is 13.5. The van der Waals surface area contributed by atoms with Gasteiger partial charge in [-0.25, -0.2) is 0 Å². The first-order chi connectivity index (χ1) is 9.24. The molecule has 0 spiro atoms. The van der Waals surface area contributed by atoms with Crippen molar-refractivity contribution >= 4 is 6.01 Å². The molecule has 0 unspecified atom stereocenters. The van der Waals surface area contributed by atoms with Crippen LogP contribution in [-0.4, -0.2) is 21.7 Å². The summed E-state index contributed by atoms with van der Waals surface area (Å²) < 4.78 is 5.48. The van der Waals surface area contributed by atoms with Crippen LogP contribution in [0.5, 0.6) is 0 Å². The second kappa shape index (κ2) is 6.84. The van der Waals surface area contributed by atoms with Gasteiger partial charge in [0.05, 0.1) is 6.54 Å². The fraction of sp³-hybridized carbons (Fsp3) is 0.462.